The molecule has 0 aliphatic heterocycles. The van der Waals surface area contributed by atoms with E-state index in [9.17, 15) is 9.59 Å². The molecule has 1 aromatic rings. The quantitative estimate of drug-likeness (QED) is 0.797. The van der Waals surface area contributed by atoms with E-state index >= 15 is 0 Å². The van der Waals surface area contributed by atoms with Crippen LogP contribution in [0.25, 0.3) is 0 Å². The van der Waals surface area contributed by atoms with Crippen molar-refractivity contribution in [2.24, 2.45) is 11.7 Å². The van der Waals surface area contributed by atoms with Crippen LogP contribution in [0, 0.1) is 5.92 Å². The number of nitrogens with zero attached hydrogens (tertiary/aromatic N) is 1. The SMILES string of the molecule is CC(C)CN(CC(=O)O)c1ccc(C(N)=O)cc1. The summed E-state index contributed by atoms with van der Waals surface area (Å²) in [6.07, 6.45) is 0. The van der Waals surface area contributed by atoms with Crippen LogP contribution in [-0.2, 0) is 4.79 Å². The van der Waals surface area contributed by atoms with Gasteiger partial charge in [-0.15, -0.1) is 0 Å². The molecule has 0 unspecified atom stereocenters. The van der Waals surface area contributed by atoms with Crippen molar-refractivity contribution < 1.29 is 14.7 Å². The molecule has 0 atom stereocenters. The normalized spacial score (nSPS) is 10.4. The van der Waals surface area contributed by atoms with Crippen LogP contribution < -0.4 is 10.6 Å². The third kappa shape index (κ3) is 4.08. The van der Waals surface area contributed by atoms with Crippen molar-refractivity contribution in [3.8, 4) is 0 Å². The number of carboxylic acid groups (broad SMARTS) is 1. The number of benzene rings is 1. The number of amides is 1. The zero-order valence-electron chi connectivity index (χ0n) is 10.6. The van der Waals surface area contributed by atoms with Crippen LogP contribution in [0.1, 0.15) is 24.2 Å². The van der Waals surface area contributed by atoms with E-state index in [1.807, 2.05) is 13.8 Å². The standard InChI is InChI=1S/C13H18N2O3/c1-9(2)7-15(8-12(16)17)11-5-3-10(4-6-11)13(14)18/h3-6,9H,7-8H2,1-2H3,(H2,14,18)(H,16,17). The van der Waals surface area contributed by atoms with Crippen LogP contribution in [0.4, 0.5) is 5.69 Å². The van der Waals surface area contributed by atoms with Gasteiger partial charge in [-0.3, -0.25) is 9.59 Å². The Morgan fingerprint density at radius 1 is 1.28 bits per heavy atom. The van der Waals surface area contributed by atoms with E-state index in [0.717, 1.165) is 5.69 Å². The monoisotopic (exact) mass is 250 g/mol. The van der Waals surface area contributed by atoms with E-state index in [0.29, 0.717) is 18.0 Å². The summed E-state index contributed by atoms with van der Waals surface area (Å²) in [6.45, 7) is 4.62. The smallest absolute Gasteiger partial charge is 0.323 e. The maximum atomic E-state index is 11.0. The molecule has 0 aliphatic rings. The van der Waals surface area contributed by atoms with Gasteiger partial charge in [0.15, 0.2) is 0 Å². The van der Waals surface area contributed by atoms with Gasteiger partial charge in [0.1, 0.15) is 6.54 Å². The molecule has 0 radical (unpaired) electrons. The first kappa shape index (κ1) is 14.0. The third-order valence-electron chi connectivity index (χ3n) is 2.43. The number of primary amides is 1. The van der Waals surface area contributed by atoms with E-state index in [-0.39, 0.29) is 6.54 Å². The van der Waals surface area contributed by atoms with Gasteiger partial charge >= 0.3 is 5.97 Å². The summed E-state index contributed by atoms with van der Waals surface area (Å²) >= 11 is 0. The second-order valence-electron chi connectivity index (χ2n) is 4.58. The van der Waals surface area contributed by atoms with Gasteiger partial charge in [-0.25, -0.2) is 0 Å². The maximum absolute atomic E-state index is 11.0. The number of hydrogen-bond donors (Lipinski definition) is 2. The minimum atomic E-state index is -0.880. The van der Waals surface area contributed by atoms with Gasteiger partial charge in [-0.2, -0.15) is 0 Å². The summed E-state index contributed by atoms with van der Waals surface area (Å²) in [5.74, 6) is -1.02. The average Bonchev–Trinajstić information content (AvgIpc) is 2.27. The second-order valence-corrected chi connectivity index (χ2v) is 4.58. The van der Waals surface area contributed by atoms with Crippen LogP contribution in [0.15, 0.2) is 24.3 Å². The molecule has 1 amide bonds. The molecule has 98 valence electrons. The van der Waals surface area contributed by atoms with E-state index in [1.165, 1.54) is 0 Å². The van der Waals surface area contributed by atoms with Crippen LogP contribution in [0.2, 0.25) is 0 Å². The van der Waals surface area contributed by atoms with E-state index < -0.39 is 11.9 Å². The zero-order chi connectivity index (χ0) is 13.7. The molecular formula is C13H18N2O3. The number of hydrogen-bond acceptors (Lipinski definition) is 3. The molecule has 1 rings (SSSR count). The predicted molar refractivity (Wildman–Crippen MR) is 69.6 cm³/mol. The van der Waals surface area contributed by atoms with Crippen molar-refractivity contribution in [2.45, 2.75) is 13.8 Å². The molecule has 0 bridgehead atoms. The summed E-state index contributed by atoms with van der Waals surface area (Å²) < 4.78 is 0. The van der Waals surface area contributed by atoms with Crippen molar-refractivity contribution in [3.05, 3.63) is 29.8 Å². The third-order valence-corrected chi connectivity index (χ3v) is 2.43. The molecule has 0 heterocycles. The first-order valence-electron chi connectivity index (χ1n) is 5.76. The first-order valence-corrected chi connectivity index (χ1v) is 5.76. The van der Waals surface area contributed by atoms with Gasteiger partial charge in [0.05, 0.1) is 0 Å². The fourth-order valence-corrected chi connectivity index (χ4v) is 1.70. The number of rotatable bonds is 6. The Morgan fingerprint density at radius 2 is 1.83 bits per heavy atom. The number of anilines is 1. The first-order chi connectivity index (χ1) is 8.40. The van der Waals surface area contributed by atoms with Gasteiger partial charge in [0.25, 0.3) is 0 Å². The van der Waals surface area contributed by atoms with Gasteiger partial charge in [0, 0.05) is 17.8 Å². The summed E-state index contributed by atoms with van der Waals surface area (Å²) in [6, 6.07) is 6.64. The molecule has 1 aromatic carbocycles. The van der Waals surface area contributed by atoms with Crippen LogP contribution in [0.3, 0.4) is 0 Å². The summed E-state index contributed by atoms with van der Waals surface area (Å²) in [5, 5.41) is 8.89. The Morgan fingerprint density at radius 3 is 2.22 bits per heavy atom. The average molecular weight is 250 g/mol. The van der Waals surface area contributed by atoms with E-state index in [1.54, 1.807) is 29.2 Å². The number of carboxylic acids is 1. The molecule has 0 spiro atoms. The van der Waals surface area contributed by atoms with Crippen LogP contribution >= 0.6 is 0 Å². The number of nitrogens with two attached hydrogens (primary N) is 1. The molecule has 3 N–H and O–H groups in total. The van der Waals surface area contributed by atoms with Crippen molar-refractivity contribution in [2.75, 3.05) is 18.0 Å². The van der Waals surface area contributed by atoms with E-state index in [2.05, 4.69) is 0 Å². The molecule has 0 fully saturated rings. The fraction of sp³-hybridized carbons (Fsp3) is 0.385. The molecule has 18 heavy (non-hydrogen) atoms. The minimum absolute atomic E-state index is 0.0614. The largest absolute Gasteiger partial charge is 0.480 e. The summed E-state index contributed by atoms with van der Waals surface area (Å²) in [7, 11) is 0. The molecular weight excluding hydrogens is 232 g/mol. The number of aliphatic carboxylic acids is 1. The highest BCUT2D eigenvalue weighted by Gasteiger charge is 2.12. The highest BCUT2D eigenvalue weighted by molar-refractivity contribution is 5.93. The highest BCUT2D eigenvalue weighted by atomic mass is 16.4. The second kappa shape index (κ2) is 6.05. The maximum Gasteiger partial charge on any atom is 0.323 e. The van der Waals surface area contributed by atoms with Gasteiger partial charge in [-0.1, -0.05) is 13.8 Å². The number of carbonyl (C=O) groups excluding carboxylic acids is 1. The Bertz CT molecular complexity index is 426. The molecule has 0 saturated heterocycles. The van der Waals surface area contributed by atoms with Crippen molar-refractivity contribution in [1.82, 2.24) is 0 Å². The molecule has 5 nitrogen and oxygen atoms in total. The van der Waals surface area contributed by atoms with Crippen molar-refractivity contribution in [1.29, 1.82) is 0 Å². The van der Waals surface area contributed by atoms with Gasteiger partial charge < -0.3 is 15.7 Å². The Hall–Kier alpha value is -2.04. The lowest BCUT2D eigenvalue weighted by atomic mass is 10.1. The van der Waals surface area contributed by atoms with E-state index in [4.69, 9.17) is 10.8 Å². The Labute approximate surface area is 106 Å². The molecule has 5 heteroatoms. The lowest BCUT2D eigenvalue weighted by molar-refractivity contribution is -0.135. The lowest BCUT2D eigenvalue weighted by Gasteiger charge is -2.24. The summed E-state index contributed by atoms with van der Waals surface area (Å²) in [4.78, 5) is 23.5. The Kier molecular flexibility index (Phi) is 4.71. The molecule has 0 aliphatic carbocycles. The topological polar surface area (TPSA) is 83.6 Å². The molecule has 0 saturated carbocycles. The Balaban J connectivity index is 2.90. The van der Waals surface area contributed by atoms with Crippen LogP contribution in [0.5, 0.6) is 0 Å². The van der Waals surface area contributed by atoms with Crippen LogP contribution in [-0.4, -0.2) is 30.1 Å². The minimum Gasteiger partial charge on any atom is -0.480 e. The summed E-state index contributed by atoms with van der Waals surface area (Å²) in [5.41, 5.74) is 6.34. The van der Waals surface area contributed by atoms with Crippen molar-refractivity contribution in [3.63, 3.8) is 0 Å². The molecule has 0 aromatic heterocycles. The zero-order valence-corrected chi connectivity index (χ0v) is 10.6. The highest BCUT2D eigenvalue weighted by Crippen LogP contribution is 2.16. The lowest BCUT2D eigenvalue weighted by Crippen LogP contribution is -2.32. The predicted octanol–water partition coefficient (Wildman–Crippen LogP) is 1.33. The van der Waals surface area contributed by atoms with Crippen molar-refractivity contribution >= 4 is 17.6 Å². The fourth-order valence-electron chi connectivity index (χ4n) is 1.70. The van der Waals surface area contributed by atoms with Gasteiger partial charge in [0.2, 0.25) is 5.91 Å². The number of carbonyl (C=O) groups is 2. The van der Waals surface area contributed by atoms with Gasteiger partial charge in [-0.05, 0) is 30.2 Å².